The number of unbranched alkanes of at least 4 members (excludes halogenated alkanes) is 11. The second-order valence-electron chi connectivity index (χ2n) is 6.47. The molecule has 1 heterocycles. The van der Waals surface area contributed by atoms with Gasteiger partial charge >= 0.3 is 0 Å². The van der Waals surface area contributed by atoms with E-state index >= 15 is 0 Å². The second kappa shape index (κ2) is 12.0. The van der Waals surface area contributed by atoms with Gasteiger partial charge < -0.3 is 9.64 Å². The topological polar surface area (TPSA) is 32.8 Å². The third-order valence-electron chi connectivity index (χ3n) is 4.33. The molecule has 1 amide bonds. The van der Waals surface area contributed by atoms with Gasteiger partial charge in [0.2, 0.25) is 0 Å². The average molecular weight is 297 g/mol. The molecule has 0 spiro atoms. The summed E-state index contributed by atoms with van der Waals surface area (Å²) in [5.41, 5.74) is 0. The smallest absolute Gasteiger partial charge is 0.253 e. The van der Waals surface area contributed by atoms with E-state index < -0.39 is 0 Å². The maximum absolute atomic E-state index is 11.6. The second-order valence-corrected chi connectivity index (χ2v) is 6.47. The van der Waals surface area contributed by atoms with Crippen molar-refractivity contribution in [2.75, 3.05) is 20.2 Å². The van der Waals surface area contributed by atoms with Crippen LogP contribution in [0.2, 0.25) is 0 Å². The van der Waals surface area contributed by atoms with Crippen molar-refractivity contribution in [3.8, 4) is 0 Å². The fourth-order valence-corrected chi connectivity index (χ4v) is 2.74. The molecule has 3 nitrogen and oxygen atoms in total. The molecule has 0 aromatic rings. The van der Waals surface area contributed by atoms with Gasteiger partial charge in [0.15, 0.2) is 6.10 Å². The normalized spacial score (nSPS) is 17.0. The molecule has 0 aromatic carbocycles. The molecule has 1 saturated heterocycles. The van der Waals surface area contributed by atoms with Crippen LogP contribution in [0.4, 0.5) is 0 Å². The first kappa shape index (κ1) is 18.5. The van der Waals surface area contributed by atoms with E-state index in [9.17, 15) is 4.79 Å². The number of rotatable bonds is 14. The summed E-state index contributed by atoms with van der Waals surface area (Å²) in [7, 11) is 1.89. The Kier molecular flexibility index (Phi) is 10.6. The van der Waals surface area contributed by atoms with Crippen LogP contribution in [0.5, 0.6) is 0 Å². The molecule has 0 N–H and O–H groups in total. The Morgan fingerprint density at radius 1 is 0.905 bits per heavy atom. The molecule has 1 aliphatic rings. The van der Waals surface area contributed by atoms with E-state index in [4.69, 9.17) is 4.74 Å². The van der Waals surface area contributed by atoms with Crippen molar-refractivity contribution in [2.45, 2.75) is 90.1 Å². The van der Waals surface area contributed by atoms with Gasteiger partial charge in [0.05, 0.1) is 6.61 Å². The highest BCUT2D eigenvalue weighted by Gasteiger charge is 2.33. The fourth-order valence-electron chi connectivity index (χ4n) is 2.74. The summed E-state index contributed by atoms with van der Waals surface area (Å²) in [6.07, 6.45) is 16.2. The number of likely N-dealkylation sites (N-methyl/N-ethyl adjacent to an activating group) is 1. The minimum Gasteiger partial charge on any atom is -0.363 e. The molecule has 0 saturated carbocycles. The van der Waals surface area contributed by atoms with Crippen molar-refractivity contribution in [1.29, 1.82) is 0 Å². The molecule has 0 aromatic heterocycles. The summed E-state index contributed by atoms with van der Waals surface area (Å²) < 4.78 is 5.01. The molecule has 1 rings (SSSR count). The van der Waals surface area contributed by atoms with Crippen molar-refractivity contribution in [3.63, 3.8) is 0 Å². The van der Waals surface area contributed by atoms with E-state index in [0.717, 1.165) is 13.0 Å². The number of hydrogen-bond donors (Lipinski definition) is 0. The van der Waals surface area contributed by atoms with Gasteiger partial charge in [-0.05, 0) is 6.42 Å². The summed E-state index contributed by atoms with van der Waals surface area (Å²) in [6.45, 7) is 3.78. The zero-order valence-electron chi connectivity index (χ0n) is 14.2. The van der Waals surface area contributed by atoms with Crippen molar-refractivity contribution < 1.29 is 9.53 Å². The van der Waals surface area contributed by atoms with Crippen molar-refractivity contribution in [3.05, 3.63) is 0 Å². The Morgan fingerprint density at radius 3 is 1.76 bits per heavy atom. The van der Waals surface area contributed by atoms with Gasteiger partial charge in [-0.2, -0.15) is 0 Å². The number of ether oxygens (including phenoxy) is 1. The molecular formula is C18H35NO2. The molecule has 1 atom stereocenters. The van der Waals surface area contributed by atoms with Crippen molar-refractivity contribution in [2.24, 2.45) is 0 Å². The molecule has 0 bridgehead atoms. The largest absolute Gasteiger partial charge is 0.363 e. The van der Waals surface area contributed by atoms with Crippen LogP contribution in [0.25, 0.3) is 0 Å². The highest BCUT2D eigenvalue weighted by atomic mass is 16.6. The van der Waals surface area contributed by atoms with Crippen molar-refractivity contribution in [1.82, 2.24) is 4.90 Å². The number of hydrogen-bond acceptors (Lipinski definition) is 2. The van der Waals surface area contributed by atoms with Gasteiger partial charge in [-0.15, -0.1) is 0 Å². The van der Waals surface area contributed by atoms with E-state index in [0.29, 0.717) is 6.61 Å². The Balaban J connectivity index is 1.75. The predicted octanol–water partition coefficient (Wildman–Crippen LogP) is 4.54. The molecule has 1 aliphatic heterocycles. The third-order valence-corrected chi connectivity index (χ3v) is 4.33. The maximum Gasteiger partial charge on any atom is 0.253 e. The molecule has 0 aliphatic carbocycles. The molecule has 1 fully saturated rings. The molecule has 0 radical (unpaired) electrons. The van der Waals surface area contributed by atoms with E-state index in [1.807, 2.05) is 11.9 Å². The zero-order chi connectivity index (χ0) is 15.3. The summed E-state index contributed by atoms with van der Waals surface area (Å²) in [5, 5.41) is 0. The average Bonchev–Trinajstić information content (AvgIpc) is 3.32. The summed E-state index contributed by atoms with van der Waals surface area (Å²) in [4.78, 5) is 13.5. The Labute approximate surface area is 131 Å². The zero-order valence-corrected chi connectivity index (χ0v) is 14.2. The van der Waals surface area contributed by atoms with Gasteiger partial charge in [0, 0.05) is 13.6 Å². The SMILES string of the molecule is CCCCCCCCCCCCCCN(C)C(=O)C1CO1. The Bertz CT molecular complexity index is 264. The quantitative estimate of drug-likeness (QED) is 0.348. The molecule has 3 heteroatoms. The number of nitrogens with zero attached hydrogens (tertiary/aromatic N) is 1. The van der Waals surface area contributed by atoms with Crippen LogP contribution in [0.3, 0.4) is 0 Å². The highest BCUT2D eigenvalue weighted by Crippen LogP contribution is 2.14. The molecule has 21 heavy (non-hydrogen) atoms. The third kappa shape index (κ3) is 9.89. The first-order chi connectivity index (χ1) is 10.3. The molecule has 1 unspecified atom stereocenters. The lowest BCUT2D eigenvalue weighted by atomic mass is 10.1. The fraction of sp³-hybridized carbons (Fsp3) is 0.944. The van der Waals surface area contributed by atoms with Crippen LogP contribution in [0, 0.1) is 0 Å². The molecule has 124 valence electrons. The van der Waals surface area contributed by atoms with Crippen LogP contribution in [0.15, 0.2) is 0 Å². The number of amides is 1. The van der Waals surface area contributed by atoms with E-state index in [1.54, 1.807) is 0 Å². The lowest BCUT2D eigenvalue weighted by Gasteiger charge is -2.15. The first-order valence-electron chi connectivity index (χ1n) is 9.12. The van der Waals surface area contributed by atoms with Gasteiger partial charge in [0.25, 0.3) is 5.91 Å². The minimum absolute atomic E-state index is 0.118. The van der Waals surface area contributed by atoms with E-state index in [1.165, 1.54) is 70.6 Å². The van der Waals surface area contributed by atoms with Gasteiger partial charge in [-0.25, -0.2) is 0 Å². The van der Waals surface area contributed by atoms with E-state index in [-0.39, 0.29) is 12.0 Å². The lowest BCUT2D eigenvalue weighted by molar-refractivity contribution is -0.131. The Morgan fingerprint density at radius 2 is 1.33 bits per heavy atom. The summed E-state index contributed by atoms with van der Waals surface area (Å²) in [6, 6.07) is 0. The minimum atomic E-state index is -0.118. The molecular weight excluding hydrogens is 262 g/mol. The summed E-state index contributed by atoms with van der Waals surface area (Å²) in [5.74, 6) is 0.165. The monoisotopic (exact) mass is 297 g/mol. The van der Waals surface area contributed by atoms with Crippen LogP contribution < -0.4 is 0 Å². The predicted molar refractivity (Wildman–Crippen MR) is 88.5 cm³/mol. The van der Waals surface area contributed by atoms with Crippen LogP contribution in [-0.2, 0) is 9.53 Å². The van der Waals surface area contributed by atoms with Gasteiger partial charge in [0.1, 0.15) is 0 Å². The maximum atomic E-state index is 11.6. The van der Waals surface area contributed by atoms with Crippen LogP contribution >= 0.6 is 0 Å². The number of carbonyl (C=O) groups excluding carboxylic acids is 1. The van der Waals surface area contributed by atoms with E-state index in [2.05, 4.69) is 6.92 Å². The van der Waals surface area contributed by atoms with Crippen LogP contribution in [-0.4, -0.2) is 37.1 Å². The number of epoxide rings is 1. The highest BCUT2D eigenvalue weighted by molar-refractivity contribution is 5.82. The lowest BCUT2D eigenvalue weighted by Crippen LogP contribution is -2.31. The summed E-state index contributed by atoms with van der Waals surface area (Å²) >= 11 is 0. The first-order valence-corrected chi connectivity index (χ1v) is 9.12. The number of carbonyl (C=O) groups is 1. The standard InChI is InChI=1S/C18H35NO2/c1-3-4-5-6-7-8-9-10-11-12-13-14-15-19(2)18(20)17-16-21-17/h17H,3-16H2,1-2H3. The van der Waals surface area contributed by atoms with Crippen molar-refractivity contribution >= 4 is 5.91 Å². The Hall–Kier alpha value is -0.570. The van der Waals surface area contributed by atoms with Gasteiger partial charge in [-0.1, -0.05) is 77.6 Å². The van der Waals surface area contributed by atoms with Gasteiger partial charge in [-0.3, -0.25) is 4.79 Å². The van der Waals surface area contributed by atoms with Crippen LogP contribution in [0.1, 0.15) is 84.0 Å².